The van der Waals surface area contributed by atoms with E-state index in [9.17, 15) is 0 Å². The van der Waals surface area contributed by atoms with Crippen molar-refractivity contribution in [3.05, 3.63) is 58.6 Å². The Morgan fingerprint density at radius 2 is 1.92 bits per heavy atom. The van der Waals surface area contributed by atoms with Crippen LogP contribution in [0.4, 0.5) is 5.69 Å². The molecule has 2 rings (SSSR count). The summed E-state index contributed by atoms with van der Waals surface area (Å²) < 4.78 is 6.05. The predicted molar refractivity (Wildman–Crippen MR) is 113 cm³/mol. The Morgan fingerprint density at radius 3 is 2.54 bits per heavy atom. The smallest absolute Gasteiger partial charge is 0.184 e. The van der Waals surface area contributed by atoms with Crippen LogP contribution in [0.3, 0.4) is 0 Å². The van der Waals surface area contributed by atoms with Crippen LogP contribution in [0.2, 0.25) is 5.02 Å². The van der Waals surface area contributed by atoms with Crippen molar-refractivity contribution in [3.63, 3.8) is 0 Å². The number of hydrogen-bond donors (Lipinski definition) is 2. The van der Waals surface area contributed by atoms with Gasteiger partial charge < -0.3 is 15.4 Å². The van der Waals surface area contributed by atoms with Gasteiger partial charge in [0.05, 0.1) is 6.21 Å². The fourth-order valence-electron chi connectivity index (χ4n) is 2.45. The summed E-state index contributed by atoms with van der Waals surface area (Å²) in [6.07, 6.45) is 1.64. The van der Waals surface area contributed by atoms with Crippen molar-refractivity contribution in [1.29, 1.82) is 0 Å². The number of anilines is 1. The molecule has 0 unspecified atom stereocenters. The van der Waals surface area contributed by atoms with Gasteiger partial charge in [-0.2, -0.15) is 5.10 Å². The average Bonchev–Trinajstić information content (AvgIpc) is 2.63. The molecule has 0 aromatic heterocycles. The van der Waals surface area contributed by atoms with Crippen molar-refractivity contribution in [2.45, 2.75) is 20.5 Å². The third kappa shape index (κ3) is 5.89. The van der Waals surface area contributed by atoms with E-state index < -0.39 is 0 Å². The molecule has 2 aromatic carbocycles. The standard InChI is InChI=1S/C19H23ClN4OS/c1-3-24(4-2)17-10-7-15(12-22-23-19(21)26)18(11-17)25-13-14-5-8-16(20)9-6-14/h5-12H,3-4,13H2,1-2H3,(H3,21,23,26)/b22-12-. The molecular formula is C19H23ClN4OS. The molecule has 0 aliphatic rings. The lowest BCUT2D eigenvalue weighted by atomic mass is 10.1. The number of nitrogens with one attached hydrogen (secondary N) is 1. The van der Waals surface area contributed by atoms with Crippen LogP contribution in [-0.4, -0.2) is 24.4 Å². The van der Waals surface area contributed by atoms with Crippen LogP contribution in [0.5, 0.6) is 5.75 Å². The van der Waals surface area contributed by atoms with E-state index in [1.807, 2.05) is 42.5 Å². The first-order chi connectivity index (χ1) is 12.5. The van der Waals surface area contributed by atoms with E-state index in [2.05, 4.69) is 29.3 Å². The fraction of sp³-hybridized carbons (Fsp3) is 0.263. The molecule has 0 saturated carbocycles. The Hall–Kier alpha value is -2.31. The minimum atomic E-state index is 0.115. The molecule has 7 heteroatoms. The maximum absolute atomic E-state index is 6.05. The van der Waals surface area contributed by atoms with E-state index in [-0.39, 0.29) is 5.11 Å². The van der Waals surface area contributed by atoms with Gasteiger partial charge >= 0.3 is 0 Å². The third-order valence-electron chi connectivity index (χ3n) is 3.81. The summed E-state index contributed by atoms with van der Waals surface area (Å²) in [6.45, 7) is 6.52. The molecule has 0 atom stereocenters. The highest BCUT2D eigenvalue weighted by Gasteiger charge is 2.08. The molecule has 26 heavy (non-hydrogen) atoms. The van der Waals surface area contributed by atoms with Crippen LogP contribution in [0.25, 0.3) is 0 Å². The quantitative estimate of drug-likeness (QED) is 0.406. The zero-order valence-corrected chi connectivity index (χ0v) is 16.5. The first-order valence-corrected chi connectivity index (χ1v) is 9.16. The monoisotopic (exact) mass is 390 g/mol. The molecule has 138 valence electrons. The van der Waals surface area contributed by atoms with Gasteiger partial charge in [0.15, 0.2) is 5.11 Å². The molecule has 0 fully saturated rings. The van der Waals surface area contributed by atoms with Crippen LogP contribution in [0, 0.1) is 0 Å². The number of nitrogens with zero attached hydrogens (tertiary/aromatic N) is 2. The number of benzene rings is 2. The van der Waals surface area contributed by atoms with Crippen molar-refractivity contribution >= 4 is 40.8 Å². The predicted octanol–water partition coefficient (Wildman–Crippen LogP) is 3.93. The van der Waals surface area contributed by atoms with Gasteiger partial charge in [-0.15, -0.1) is 0 Å². The van der Waals surface area contributed by atoms with Gasteiger partial charge in [-0.25, -0.2) is 0 Å². The lowest BCUT2D eigenvalue weighted by molar-refractivity contribution is 0.306. The van der Waals surface area contributed by atoms with E-state index >= 15 is 0 Å². The largest absolute Gasteiger partial charge is 0.488 e. The van der Waals surface area contributed by atoms with E-state index in [0.29, 0.717) is 11.6 Å². The van der Waals surface area contributed by atoms with Crippen molar-refractivity contribution in [2.24, 2.45) is 10.8 Å². The highest BCUT2D eigenvalue weighted by atomic mass is 35.5. The molecule has 0 saturated heterocycles. The number of ether oxygens (including phenoxy) is 1. The Morgan fingerprint density at radius 1 is 1.23 bits per heavy atom. The Labute approximate surface area is 164 Å². The van der Waals surface area contributed by atoms with Crippen LogP contribution < -0.4 is 20.8 Å². The number of hydrazone groups is 1. The SMILES string of the molecule is CCN(CC)c1ccc(/C=N\NC(N)=S)c(OCc2ccc(Cl)cc2)c1. The number of nitrogens with two attached hydrogens (primary N) is 1. The van der Waals surface area contributed by atoms with Crippen molar-refractivity contribution < 1.29 is 4.74 Å². The van der Waals surface area contributed by atoms with Crippen molar-refractivity contribution in [1.82, 2.24) is 5.43 Å². The second kappa shape index (κ2) is 9.99. The molecule has 0 aliphatic carbocycles. The summed E-state index contributed by atoms with van der Waals surface area (Å²) in [5.74, 6) is 0.734. The molecule has 0 aliphatic heterocycles. The molecule has 0 bridgehead atoms. The molecule has 3 N–H and O–H groups in total. The Balaban J connectivity index is 2.24. The highest BCUT2D eigenvalue weighted by molar-refractivity contribution is 7.80. The van der Waals surface area contributed by atoms with Gasteiger partial charge in [-0.3, -0.25) is 5.43 Å². The van der Waals surface area contributed by atoms with E-state index in [0.717, 1.165) is 35.7 Å². The lowest BCUT2D eigenvalue weighted by Gasteiger charge is -2.22. The Bertz CT molecular complexity index is 761. The normalized spacial score (nSPS) is 10.7. The molecule has 0 spiro atoms. The molecule has 2 aromatic rings. The molecule has 5 nitrogen and oxygen atoms in total. The number of rotatable bonds is 8. The molecular weight excluding hydrogens is 368 g/mol. The number of thiocarbonyl (C=S) groups is 1. The first kappa shape index (κ1) is 20.0. The second-order valence-corrected chi connectivity index (χ2v) is 6.42. The van der Waals surface area contributed by atoms with Gasteiger partial charge in [-0.05, 0) is 55.9 Å². The van der Waals surface area contributed by atoms with Gasteiger partial charge in [-0.1, -0.05) is 23.7 Å². The summed E-state index contributed by atoms with van der Waals surface area (Å²) in [5, 5.41) is 4.85. The van der Waals surface area contributed by atoms with Gasteiger partial charge in [0.25, 0.3) is 0 Å². The summed E-state index contributed by atoms with van der Waals surface area (Å²) in [4.78, 5) is 2.25. The first-order valence-electron chi connectivity index (χ1n) is 8.38. The summed E-state index contributed by atoms with van der Waals surface area (Å²) in [7, 11) is 0. The molecule has 0 heterocycles. The minimum absolute atomic E-state index is 0.115. The van der Waals surface area contributed by atoms with Crippen LogP contribution >= 0.6 is 23.8 Å². The molecule has 0 radical (unpaired) electrons. The van der Waals surface area contributed by atoms with Crippen molar-refractivity contribution in [3.8, 4) is 5.75 Å². The lowest BCUT2D eigenvalue weighted by Crippen LogP contribution is -2.24. The van der Waals surface area contributed by atoms with Gasteiger partial charge in [0.1, 0.15) is 12.4 Å². The third-order valence-corrected chi connectivity index (χ3v) is 4.15. The summed E-state index contributed by atoms with van der Waals surface area (Å²) >= 11 is 10.7. The van der Waals surface area contributed by atoms with E-state index in [1.54, 1.807) is 6.21 Å². The maximum Gasteiger partial charge on any atom is 0.184 e. The maximum atomic E-state index is 6.05. The highest BCUT2D eigenvalue weighted by Crippen LogP contribution is 2.26. The zero-order valence-electron chi connectivity index (χ0n) is 14.9. The van der Waals surface area contributed by atoms with Crippen molar-refractivity contribution in [2.75, 3.05) is 18.0 Å². The Kier molecular flexibility index (Phi) is 7.69. The van der Waals surface area contributed by atoms with Gasteiger partial charge in [0, 0.05) is 35.4 Å². The molecule has 0 amide bonds. The zero-order chi connectivity index (χ0) is 18.9. The fourth-order valence-corrected chi connectivity index (χ4v) is 2.63. The topological polar surface area (TPSA) is 62.9 Å². The van der Waals surface area contributed by atoms with E-state index in [1.165, 1.54) is 0 Å². The van der Waals surface area contributed by atoms with E-state index in [4.69, 9.17) is 34.3 Å². The summed E-state index contributed by atoms with van der Waals surface area (Å²) in [5.41, 5.74) is 10.9. The minimum Gasteiger partial charge on any atom is -0.488 e. The van der Waals surface area contributed by atoms with Crippen LogP contribution in [-0.2, 0) is 6.61 Å². The second-order valence-electron chi connectivity index (χ2n) is 5.54. The number of hydrogen-bond acceptors (Lipinski definition) is 4. The number of halogens is 1. The van der Waals surface area contributed by atoms with Crippen LogP contribution in [0.1, 0.15) is 25.0 Å². The summed E-state index contributed by atoms with van der Waals surface area (Å²) in [6, 6.07) is 13.6. The average molecular weight is 391 g/mol. The van der Waals surface area contributed by atoms with Crippen LogP contribution in [0.15, 0.2) is 47.6 Å². The van der Waals surface area contributed by atoms with Gasteiger partial charge in [0.2, 0.25) is 0 Å².